The van der Waals surface area contributed by atoms with Crippen LogP contribution in [0.15, 0.2) is 0 Å². The van der Waals surface area contributed by atoms with Crippen LogP contribution in [-0.2, 0) is 9.53 Å². The highest BCUT2D eigenvalue weighted by Gasteiger charge is 2.52. The molecule has 0 aromatic rings. The summed E-state index contributed by atoms with van der Waals surface area (Å²) >= 11 is 0. The normalized spacial score (nSPS) is 17.1. The molecule has 0 aliphatic heterocycles. The highest BCUT2D eigenvalue weighted by molar-refractivity contribution is 5.80. The van der Waals surface area contributed by atoms with Crippen LogP contribution < -0.4 is 0 Å². The second kappa shape index (κ2) is 4.08. The first kappa shape index (κ1) is 14.4. The number of alkyl halides is 1. The molecule has 0 rings (SSSR count). The molecule has 0 aromatic heterocycles. The molecule has 0 aromatic carbocycles. The summed E-state index contributed by atoms with van der Waals surface area (Å²) < 4.78 is 19.0. The molecule has 4 heteroatoms. The predicted octanol–water partition coefficient (Wildman–Crippen LogP) is 2.07. The number of halogens is 1. The van der Waals surface area contributed by atoms with E-state index >= 15 is 0 Å². The number of carbonyl (C=O) groups excluding carboxylic acids is 1. The zero-order valence-corrected chi connectivity index (χ0v) is 10.3. The van der Waals surface area contributed by atoms with Gasteiger partial charge >= 0.3 is 5.97 Å². The van der Waals surface area contributed by atoms with Gasteiger partial charge in [-0.1, -0.05) is 20.8 Å². The first-order valence-corrected chi connectivity index (χ1v) is 4.94. The van der Waals surface area contributed by atoms with E-state index in [-0.39, 0.29) is 6.42 Å². The molecule has 0 amide bonds. The summed E-state index contributed by atoms with van der Waals surface area (Å²) in [6, 6.07) is 0. The van der Waals surface area contributed by atoms with Crippen LogP contribution >= 0.6 is 0 Å². The number of esters is 1. The highest BCUT2D eigenvalue weighted by atomic mass is 19.1. The van der Waals surface area contributed by atoms with E-state index in [0.717, 1.165) is 7.11 Å². The van der Waals surface area contributed by atoms with Crippen molar-refractivity contribution in [3.05, 3.63) is 0 Å². The van der Waals surface area contributed by atoms with Crippen molar-refractivity contribution in [1.82, 2.24) is 0 Å². The molecule has 0 spiro atoms. The zero-order valence-electron chi connectivity index (χ0n) is 10.3. The molecule has 1 unspecified atom stereocenters. The van der Waals surface area contributed by atoms with Crippen molar-refractivity contribution < 1.29 is 19.0 Å². The second-order valence-corrected chi connectivity index (χ2v) is 5.53. The van der Waals surface area contributed by atoms with Gasteiger partial charge in [-0.25, -0.2) is 9.18 Å². The van der Waals surface area contributed by atoms with Crippen LogP contribution in [-0.4, -0.2) is 29.5 Å². The summed E-state index contributed by atoms with van der Waals surface area (Å²) in [5.41, 5.74) is -4.35. The number of aliphatic hydroxyl groups is 1. The third-order valence-electron chi connectivity index (χ3n) is 2.37. The van der Waals surface area contributed by atoms with Gasteiger partial charge in [0, 0.05) is 11.8 Å². The molecule has 0 saturated heterocycles. The minimum Gasteiger partial charge on any atom is -0.467 e. The van der Waals surface area contributed by atoms with Crippen molar-refractivity contribution in [3.8, 4) is 0 Å². The SMILES string of the molecule is COC(=O)C(F)(CC(C)(C)O)C(C)(C)C. The highest BCUT2D eigenvalue weighted by Crippen LogP contribution is 2.41. The maximum Gasteiger partial charge on any atom is 0.344 e. The van der Waals surface area contributed by atoms with Crippen LogP contribution in [0, 0.1) is 5.41 Å². The molecule has 1 N–H and O–H groups in total. The molecule has 0 heterocycles. The third kappa shape index (κ3) is 3.45. The van der Waals surface area contributed by atoms with Crippen molar-refractivity contribution in [1.29, 1.82) is 0 Å². The Morgan fingerprint density at radius 2 is 1.67 bits per heavy atom. The van der Waals surface area contributed by atoms with Crippen molar-refractivity contribution in [3.63, 3.8) is 0 Å². The minimum absolute atomic E-state index is 0.282. The van der Waals surface area contributed by atoms with E-state index in [9.17, 15) is 14.3 Å². The standard InChI is InChI=1S/C11H21FO3/c1-9(2,3)11(12,8(13)15-6)7-10(4,5)14/h14H,7H2,1-6H3. The van der Waals surface area contributed by atoms with Crippen LogP contribution in [0.25, 0.3) is 0 Å². The Morgan fingerprint density at radius 3 is 1.87 bits per heavy atom. The number of hydrogen-bond donors (Lipinski definition) is 1. The van der Waals surface area contributed by atoms with Gasteiger partial charge in [-0.2, -0.15) is 0 Å². The van der Waals surface area contributed by atoms with Gasteiger partial charge in [0.2, 0.25) is 5.67 Å². The Balaban J connectivity index is 5.14. The Hall–Kier alpha value is -0.640. The second-order valence-electron chi connectivity index (χ2n) is 5.53. The average Bonchev–Trinajstić information content (AvgIpc) is 1.97. The van der Waals surface area contributed by atoms with Gasteiger partial charge in [-0.3, -0.25) is 0 Å². The predicted molar refractivity (Wildman–Crippen MR) is 56.2 cm³/mol. The maximum absolute atomic E-state index is 14.6. The van der Waals surface area contributed by atoms with E-state index in [1.807, 2.05) is 0 Å². The summed E-state index contributed by atoms with van der Waals surface area (Å²) in [4.78, 5) is 11.4. The lowest BCUT2D eigenvalue weighted by Gasteiger charge is -2.38. The van der Waals surface area contributed by atoms with E-state index in [4.69, 9.17) is 0 Å². The van der Waals surface area contributed by atoms with Crippen LogP contribution in [0.5, 0.6) is 0 Å². The average molecular weight is 220 g/mol. The van der Waals surface area contributed by atoms with E-state index in [0.29, 0.717) is 0 Å². The first-order valence-electron chi connectivity index (χ1n) is 4.94. The monoisotopic (exact) mass is 220 g/mol. The summed E-state index contributed by atoms with van der Waals surface area (Å²) in [6.07, 6.45) is -0.282. The van der Waals surface area contributed by atoms with Gasteiger partial charge in [0.1, 0.15) is 0 Å². The molecule has 1 atom stereocenters. The van der Waals surface area contributed by atoms with E-state index in [2.05, 4.69) is 4.74 Å². The number of rotatable bonds is 3. The van der Waals surface area contributed by atoms with Crippen LogP contribution in [0.4, 0.5) is 4.39 Å². The molecule has 0 radical (unpaired) electrons. The van der Waals surface area contributed by atoms with Crippen LogP contribution in [0.3, 0.4) is 0 Å². The van der Waals surface area contributed by atoms with Gasteiger partial charge in [-0.15, -0.1) is 0 Å². The van der Waals surface area contributed by atoms with Crippen LogP contribution in [0.1, 0.15) is 41.0 Å². The van der Waals surface area contributed by atoms with E-state index < -0.39 is 22.7 Å². The fourth-order valence-corrected chi connectivity index (χ4v) is 1.40. The number of carbonyl (C=O) groups is 1. The summed E-state index contributed by atoms with van der Waals surface area (Å²) in [6.45, 7) is 7.76. The number of hydrogen-bond acceptors (Lipinski definition) is 3. The van der Waals surface area contributed by atoms with Gasteiger partial charge in [0.15, 0.2) is 0 Å². The molecule has 90 valence electrons. The molecule has 0 saturated carbocycles. The fourth-order valence-electron chi connectivity index (χ4n) is 1.40. The smallest absolute Gasteiger partial charge is 0.344 e. The minimum atomic E-state index is -2.18. The molecule has 0 aliphatic carbocycles. The summed E-state index contributed by atoms with van der Waals surface area (Å²) in [5.74, 6) is -0.933. The van der Waals surface area contributed by atoms with Gasteiger partial charge in [0.25, 0.3) is 0 Å². The Morgan fingerprint density at radius 1 is 1.27 bits per heavy atom. The molecule has 0 aliphatic rings. The first-order chi connectivity index (χ1) is 6.44. The molecule has 15 heavy (non-hydrogen) atoms. The topological polar surface area (TPSA) is 46.5 Å². The molecular weight excluding hydrogens is 199 g/mol. The zero-order chi connectivity index (χ0) is 12.5. The quantitative estimate of drug-likeness (QED) is 0.741. The summed E-state index contributed by atoms with van der Waals surface area (Å²) in [5, 5.41) is 9.61. The van der Waals surface area contributed by atoms with Gasteiger partial charge < -0.3 is 9.84 Å². The Labute approximate surface area is 90.6 Å². The lowest BCUT2D eigenvalue weighted by molar-refractivity contribution is -0.169. The van der Waals surface area contributed by atoms with Crippen molar-refractivity contribution in [2.24, 2.45) is 5.41 Å². The fraction of sp³-hybridized carbons (Fsp3) is 0.909. The molecular formula is C11H21FO3. The maximum atomic E-state index is 14.6. The molecule has 0 fully saturated rings. The largest absolute Gasteiger partial charge is 0.467 e. The van der Waals surface area contributed by atoms with E-state index in [1.165, 1.54) is 13.8 Å². The molecule has 3 nitrogen and oxygen atoms in total. The van der Waals surface area contributed by atoms with Crippen molar-refractivity contribution in [2.75, 3.05) is 7.11 Å². The number of ether oxygens (including phenoxy) is 1. The Bertz CT molecular complexity index is 237. The van der Waals surface area contributed by atoms with Gasteiger partial charge in [0.05, 0.1) is 12.7 Å². The summed E-state index contributed by atoms with van der Waals surface area (Å²) in [7, 11) is 1.15. The van der Waals surface area contributed by atoms with Crippen LogP contribution in [0.2, 0.25) is 0 Å². The Kier molecular flexibility index (Phi) is 3.91. The van der Waals surface area contributed by atoms with Crippen molar-refractivity contribution >= 4 is 5.97 Å². The lowest BCUT2D eigenvalue weighted by atomic mass is 9.72. The number of methoxy groups -OCH3 is 1. The van der Waals surface area contributed by atoms with Crippen molar-refractivity contribution in [2.45, 2.75) is 52.3 Å². The van der Waals surface area contributed by atoms with Gasteiger partial charge in [-0.05, 0) is 13.8 Å². The third-order valence-corrected chi connectivity index (χ3v) is 2.37. The lowest BCUT2D eigenvalue weighted by Crippen LogP contribution is -2.51. The molecule has 0 bridgehead atoms. The van der Waals surface area contributed by atoms with E-state index in [1.54, 1.807) is 20.8 Å².